The monoisotopic (exact) mass is 345 g/mol. The third-order valence-corrected chi connectivity index (χ3v) is 3.40. The van der Waals surface area contributed by atoms with Crippen molar-refractivity contribution in [2.75, 3.05) is 13.2 Å². The molecule has 0 aliphatic heterocycles. The lowest BCUT2D eigenvalue weighted by Gasteiger charge is -2.18. The second kappa shape index (κ2) is 9.98. The van der Waals surface area contributed by atoms with E-state index >= 15 is 0 Å². The summed E-state index contributed by atoms with van der Waals surface area (Å²) < 4.78 is 5.61. The maximum Gasteiger partial charge on any atom is 0.305 e. The molecule has 0 radical (unpaired) electrons. The number of carboxylic acids is 1. The average molecular weight is 345 g/mol. The summed E-state index contributed by atoms with van der Waals surface area (Å²) in [4.78, 5) is 22.3. The van der Waals surface area contributed by atoms with Crippen LogP contribution in [-0.4, -0.2) is 30.1 Å². The molecule has 1 aromatic rings. The Morgan fingerprint density at radius 3 is 2.76 bits per heavy atom. The van der Waals surface area contributed by atoms with Crippen molar-refractivity contribution < 1.29 is 19.4 Å². The third kappa shape index (κ3) is 6.55. The molecule has 1 rings (SSSR count). The fourth-order valence-corrected chi connectivity index (χ4v) is 2.12. The number of carbonyl (C=O) groups excluding carboxylic acids is 1. The molecule has 0 fully saturated rings. The van der Waals surface area contributed by atoms with Crippen molar-refractivity contribution in [1.82, 2.24) is 10.6 Å². The number of hydrogen-bond acceptors (Lipinski definition) is 5. The van der Waals surface area contributed by atoms with Crippen LogP contribution in [-0.2, 0) is 9.59 Å². The molecule has 1 aromatic carbocycles. The van der Waals surface area contributed by atoms with Gasteiger partial charge in [-0.25, -0.2) is 0 Å². The third-order valence-electron chi connectivity index (χ3n) is 3.40. The molecule has 25 heavy (non-hydrogen) atoms. The van der Waals surface area contributed by atoms with E-state index in [9.17, 15) is 9.59 Å². The van der Waals surface area contributed by atoms with E-state index in [1.165, 1.54) is 6.20 Å². The highest BCUT2D eigenvalue weighted by Crippen LogP contribution is 2.26. The number of aryl methyl sites for hydroxylation is 1. The van der Waals surface area contributed by atoms with Gasteiger partial charge in [0.25, 0.3) is 5.91 Å². The highest BCUT2D eigenvalue weighted by Gasteiger charge is 2.13. The Labute approximate surface area is 147 Å². The normalized spacial score (nSPS) is 12.0. The molecular weight excluding hydrogens is 322 g/mol. The molecule has 134 valence electrons. The number of hydrogen-bond donors (Lipinski definition) is 3. The summed E-state index contributed by atoms with van der Waals surface area (Å²) in [7, 11) is 0. The van der Waals surface area contributed by atoms with Gasteiger partial charge in [-0.2, -0.15) is 5.26 Å². The van der Waals surface area contributed by atoms with E-state index in [1.54, 1.807) is 6.07 Å². The Bertz CT molecular complexity index is 692. The minimum atomic E-state index is -1.02. The van der Waals surface area contributed by atoms with Crippen LogP contribution < -0.4 is 15.4 Å². The fourth-order valence-electron chi connectivity index (χ4n) is 2.12. The second-order valence-corrected chi connectivity index (χ2v) is 5.43. The van der Waals surface area contributed by atoms with Gasteiger partial charge in [-0.1, -0.05) is 17.7 Å². The minimum absolute atomic E-state index is 0.0326. The summed E-state index contributed by atoms with van der Waals surface area (Å²) in [6.45, 7) is 6.27. The zero-order chi connectivity index (χ0) is 18.8. The standard InChI is InChI=1S/C18H23N3O4/c1-4-25-16-6-5-12(2)9-15(16)13(3)21-11-14(10-19)18(24)20-8-7-17(22)23/h5-6,9,11,13,21H,4,7-8H2,1-3H3,(H,20,24)(H,22,23)/b14-11-. The first kappa shape index (κ1) is 20.0. The van der Waals surface area contributed by atoms with Crippen LogP contribution in [0.15, 0.2) is 30.0 Å². The Kier molecular flexibility index (Phi) is 8.00. The number of carboxylic acid groups (broad SMARTS) is 1. The van der Waals surface area contributed by atoms with Gasteiger partial charge in [0, 0.05) is 18.3 Å². The molecule has 0 heterocycles. The fraction of sp³-hybridized carbons (Fsp3) is 0.389. The lowest BCUT2D eigenvalue weighted by Crippen LogP contribution is -2.28. The zero-order valence-electron chi connectivity index (χ0n) is 14.6. The number of aliphatic carboxylic acids is 1. The summed E-state index contributed by atoms with van der Waals surface area (Å²) in [5, 5.41) is 23.1. The molecule has 0 saturated heterocycles. The van der Waals surface area contributed by atoms with Crippen LogP contribution in [0.5, 0.6) is 5.75 Å². The van der Waals surface area contributed by atoms with E-state index in [0.29, 0.717) is 6.61 Å². The molecule has 0 saturated carbocycles. The summed E-state index contributed by atoms with van der Waals surface area (Å²) >= 11 is 0. The number of nitriles is 1. The van der Waals surface area contributed by atoms with Crippen molar-refractivity contribution in [2.45, 2.75) is 33.2 Å². The van der Waals surface area contributed by atoms with E-state index < -0.39 is 11.9 Å². The Balaban J connectivity index is 2.81. The predicted molar refractivity (Wildman–Crippen MR) is 92.9 cm³/mol. The first-order chi connectivity index (χ1) is 11.9. The average Bonchev–Trinajstić information content (AvgIpc) is 2.56. The van der Waals surface area contributed by atoms with Crippen molar-refractivity contribution in [3.05, 3.63) is 41.1 Å². The summed E-state index contributed by atoms with van der Waals surface area (Å²) in [5.74, 6) is -0.888. The van der Waals surface area contributed by atoms with Gasteiger partial charge < -0.3 is 20.5 Å². The molecule has 0 aliphatic carbocycles. The lowest BCUT2D eigenvalue weighted by atomic mass is 10.0. The van der Waals surface area contributed by atoms with Gasteiger partial charge in [-0.05, 0) is 26.8 Å². The SMILES string of the molecule is CCOc1ccc(C)cc1C(C)N/C=C(/C#N)C(=O)NCCC(=O)O. The van der Waals surface area contributed by atoms with Crippen molar-refractivity contribution in [3.8, 4) is 11.8 Å². The molecule has 1 amide bonds. The van der Waals surface area contributed by atoms with Crippen LogP contribution in [0.1, 0.15) is 37.4 Å². The summed E-state index contributed by atoms with van der Waals surface area (Å²) in [5.41, 5.74) is 1.87. The Morgan fingerprint density at radius 2 is 2.16 bits per heavy atom. The highest BCUT2D eigenvalue weighted by atomic mass is 16.5. The quantitative estimate of drug-likeness (QED) is 0.466. The highest BCUT2D eigenvalue weighted by molar-refractivity contribution is 5.97. The molecule has 0 aliphatic rings. The van der Waals surface area contributed by atoms with E-state index in [0.717, 1.165) is 16.9 Å². The van der Waals surface area contributed by atoms with Crippen molar-refractivity contribution in [3.63, 3.8) is 0 Å². The van der Waals surface area contributed by atoms with Gasteiger partial charge in [-0.3, -0.25) is 9.59 Å². The molecule has 0 bridgehead atoms. The maximum absolute atomic E-state index is 11.9. The maximum atomic E-state index is 11.9. The van der Waals surface area contributed by atoms with E-state index in [1.807, 2.05) is 39.0 Å². The minimum Gasteiger partial charge on any atom is -0.494 e. The van der Waals surface area contributed by atoms with Gasteiger partial charge in [0.2, 0.25) is 0 Å². The van der Waals surface area contributed by atoms with Crippen LogP contribution in [0.4, 0.5) is 0 Å². The van der Waals surface area contributed by atoms with Gasteiger partial charge in [0.05, 0.1) is 19.1 Å². The molecule has 1 unspecified atom stereocenters. The lowest BCUT2D eigenvalue weighted by molar-refractivity contribution is -0.136. The summed E-state index contributed by atoms with van der Waals surface area (Å²) in [6.07, 6.45) is 1.13. The number of benzene rings is 1. The number of carbonyl (C=O) groups is 2. The summed E-state index contributed by atoms with van der Waals surface area (Å²) in [6, 6.07) is 7.44. The van der Waals surface area contributed by atoms with E-state index in [-0.39, 0.29) is 24.6 Å². The van der Waals surface area contributed by atoms with Crippen LogP contribution in [0.2, 0.25) is 0 Å². The molecule has 7 heteroatoms. The van der Waals surface area contributed by atoms with Crippen LogP contribution >= 0.6 is 0 Å². The largest absolute Gasteiger partial charge is 0.494 e. The number of amides is 1. The van der Waals surface area contributed by atoms with Gasteiger partial charge in [0.1, 0.15) is 17.4 Å². The number of ether oxygens (including phenoxy) is 1. The molecular formula is C18H23N3O4. The van der Waals surface area contributed by atoms with Gasteiger partial charge in [-0.15, -0.1) is 0 Å². The molecule has 1 atom stereocenters. The first-order valence-electron chi connectivity index (χ1n) is 7.98. The van der Waals surface area contributed by atoms with Crippen molar-refractivity contribution >= 4 is 11.9 Å². The molecule has 3 N–H and O–H groups in total. The topological polar surface area (TPSA) is 111 Å². The molecule has 7 nitrogen and oxygen atoms in total. The molecule has 0 aromatic heterocycles. The van der Waals surface area contributed by atoms with Gasteiger partial charge >= 0.3 is 5.97 Å². The van der Waals surface area contributed by atoms with Gasteiger partial charge in [0.15, 0.2) is 0 Å². The second-order valence-electron chi connectivity index (χ2n) is 5.43. The van der Waals surface area contributed by atoms with Crippen LogP contribution in [0.25, 0.3) is 0 Å². The first-order valence-corrected chi connectivity index (χ1v) is 7.98. The number of nitrogens with one attached hydrogen (secondary N) is 2. The van der Waals surface area contributed by atoms with Crippen LogP contribution in [0.3, 0.4) is 0 Å². The molecule has 0 spiro atoms. The van der Waals surface area contributed by atoms with Crippen molar-refractivity contribution in [2.24, 2.45) is 0 Å². The zero-order valence-corrected chi connectivity index (χ0v) is 14.6. The Hall–Kier alpha value is -3.01. The number of nitrogens with zero attached hydrogens (tertiary/aromatic N) is 1. The van der Waals surface area contributed by atoms with E-state index in [2.05, 4.69) is 10.6 Å². The predicted octanol–water partition coefficient (Wildman–Crippen LogP) is 2.04. The smallest absolute Gasteiger partial charge is 0.305 e. The van der Waals surface area contributed by atoms with E-state index in [4.69, 9.17) is 15.1 Å². The number of rotatable bonds is 9. The van der Waals surface area contributed by atoms with Crippen molar-refractivity contribution in [1.29, 1.82) is 5.26 Å². The van der Waals surface area contributed by atoms with Crippen LogP contribution in [0, 0.1) is 18.3 Å². The Morgan fingerprint density at radius 1 is 1.44 bits per heavy atom.